The number of rotatable bonds is 6. The normalized spacial score (nSPS) is 18.1. The van der Waals surface area contributed by atoms with Crippen LogP contribution in [0.25, 0.3) is 22.2 Å². The largest absolute Gasteiger partial charge is 0.472 e. The second-order valence-corrected chi connectivity index (χ2v) is 9.30. The predicted molar refractivity (Wildman–Crippen MR) is 133 cm³/mol. The Kier molecular flexibility index (Phi) is 6.80. The molecule has 1 saturated carbocycles. The zero-order valence-electron chi connectivity index (χ0n) is 20.8. The highest BCUT2D eigenvalue weighted by atomic mass is 19.4. The summed E-state index contributed by atoms with van der Waals surface area (Å²) in [5.41, 5.74) is 0.615. The molecule has 0 atom stereocenters. The first-order valence-corrected chi connectivity index (χ1v) is 12.3. The maximum absolute atomic E-state index is 14.4. The molecule has 200 valence electrons. The van der Waals surface area contributed by atoms with Gasteiger partial charge in [-0.15, -0.1) is 0 Å². The zero-order chi connectivity index (χ0) is 27.0. The van der Waals surface area contributed by atoms with E-state index in [1.165, 1.54) is 10.6 Å². The first kappa shape index (κ1) is 25.7. The molecule has 12 heteroatoms. The molecule has 0 radical (unpaired) electrons. The Morgan fingerprint density at radius 1 is 1.13 bits per heavy atom. The molecule has 0 unspecified atom stereocenters. The molecule has 0 saturated heterocycles. The van der Waals surface area contributed by atoms with Crippen LogP contribution in [0.4, 0.5) is 23.4 Å². The van der Waals surface area contributed by atoms with E-state index in [4.69, 9.17) is 9.84 Å². The SMILES string of the molecule is CCNc1cc2c(cn1)c(-c1ccn(C)c(=O)c1)nn2C1CCC(Oc2nccc(C(F)(F)F)c2F)CC1. The lowest BCUT2D eigenvalue weighted by Crippen LogP contribution is -2.27. The minimum absolute atomic E-state index is 0.0335. The van der Waals surface area contributed by atoms with Crippen molar-refractivity contribution in [2.75, 3.05) is 11.9 Å². The number of fused-ring (bicyclic) bond motifs is 1. The van der Waals surface area contributed by atoms with E-state index in [0.717, 1.165) is 17.1 Å². The number of pyridine rings is 3. The second-order valence-electron chi connectivity index (χ2n) is 9.30. The Morgan fingerprint density at radius 3 is 2.58 bits per heavy atom. The number of hydrogen-bond acceptors (Lipinski definition) is 6. The number of anilines is 1. The van der Waals surface area contributed by atoms with Gasteiger partial charge in [0.25, 0.3) is 11.4 Å². The quantitative estimate of drug-likeness (QED) is 0.339. The summed E-state index contributed by atoms with van der Waals surface area (Å²) in [4.78, 5) is 20.4. The number of alkyl halides is 3. The van der Waals surface area contributed by atoms with Crippen LogP contribution in [0, 0.1) is 5.82 Å². The fraction of sp³-hybridized carbons (Fsp3) is 0.385. The predicted octanol–water partition coefficient (Wildman–Crippen LogP) is 5.34. The Labute approximate surface area is 215 Å². The van der Waals surface area contributed by atoms with E-state index in [1.54, 1.807) is 19.4 Å². The molecule has 38 heavy (non-hydrogen) atoms. The highest BCUT2D eigenvalue weighted by Gasteiger charge is 2.36. The maximum Gasteiger partial charge on any atom is 0.419 e. The van der Waals surface area contributed by atoms with Crippen molar-refractivity contribution in [1.29, 1.82) is 0 Å². The lowest BCUT2D eigenvalue weighted by Gasteiger charge is -2.29. The van der Waals surface area contributed by atoms with Crippen molar-refractivity contribution in [3.05, 3.63) is 64.6 Å². The average Bonchev–Trinajstić information content (AvgIpc) is 3.26. The molecule has 0 amide bonds. The third kappa shape index (κ3) is 4.94. The van der Waals surface area contributed by atoms with Crippen molar-refractivity contribution in [3.8, 4) is 17.1 Å². The summed E-state index contributed by atoms with van der Waals surface area (Å²) < 4.78 is 62.5. The van der Waals surface area contributed by atoms with Crippen molar-refractivity contribution in [2.45, 2.75) is 50.9 Å². The van der Waals surface area contributed by atoms with E-state index in [0.29, 0.717) is 55.4 Å². The average molecular weight is 531 g/mol. The molecular formula is C26H26F4N6O2. The van der Waals surface area contributed by atoms with Crippen LogP contribution in [0.15, 0.2) is 47.7 Å². The van der Waals surface area contributed by atoms with Crippen molar-refractivity contribution in [2.24, 2.45) is 7.05 Å². The van der Waals surface area contributed by atoms with Crippen LogP contribution >= 0.6 is 0 Å². The van der Waals surface area contributed by atoms with Crippen molar-refractivity contribution in [3.63, 3.8) is 0 Å². The Hall–Kier alpha value is -3.96. The molecule has 0 aromatic carbocycles. The molecule has 1 N–H and O–H groups in total. The summed E-state index contributed by atoms with van der Waals surface area (Å²) in [5.74, 6) is -1.44. The summed E-state index contributed by atoms with van der Waals surface area (Å²) in [6.07, 6.45) is 1.20. The van der Waals surface area contributed by atoms with Crippen molar-refractivity contribution < 1.29 is 22.3 Å². The van der Waals surface area contributed by atoms with Crippen LogP contribution in [0.5, 0.6) is 5.88 Å². The zero-order valence-corrected chi connectivity index (χ0v) is 20.8. The third-order valence-corrected chi connectivity index (χ3v) is 6.76. The van der Waals surface area contributed by atoms with Gasteiger partial charge in [0.05, 0.1) is 17.1 Å². The van der Waals surface area contributed by atoms with Gasteiger partial charge in [0.15, 0.2) is 5.82 Å². The van der Waals surface area contributed by atoms with E-state index in [-0.39, 0.29) is 11.6 Å². The summed E-state index contributed by atoms with van der Waals surface area (Å²) in [6, 6.07) is 5.84. The molecule has 1 aliphatic carbocycles. The lowest BCUT2D eigenvalue weighted by atomic mass is 9.93. The van der Waals surface area contributed by atoms with E-state index < -0.39 is 29.5 Å². The summed E-state index contributed by atoms with van der Waals surface area (Å²) in [6.45, 7) is 2.66. The number of aryl methyl sites for hydroxylation is 1. The first-order chi connectivity index (χ1) is 18.2. The molecule has 5 rings (SSSR count). The van der Waals surface area contributed by atoms with Gasteiger partial charge in [0.1, 0.15) is 17.6 Å². The monoisotopic (exact) mass is 530 g/mol. The van der Waals surface area contributed by atoms with E-state index in [9.17, 15) is 22.4 Å². The minimum Gasteiger partial charge on any atom is -0.472 e. The number of ether oxygens (including phenoxy) is 1. The molecule has 0 aliphatic heterocycles. The van der Waals surface area contributed by atoms with Crippen LogP contribution in [0.3, 0.4) is 0 Å². The third-order valence-electron chi connectivity index (χ3n) is 6.76. The van der Waals surface area contributed by atoms with Gasteiger partial charge in [-0.3, -0.25) is 9.48 Å². The van der Waals surface area contributed by atoms with Gasteiger partial charge in [-0.2, -0.15) is 18.3 Å². The van der Waals surface area contributed by atoms with E-state index >= 15 is 0 Å². The molecule has 4 aromatic rings. The Morgan fingerprint density at radius 2 is 1.89 bits per heavy atom. The topological polar surface area (TPSA) is 86.9 Å². The minimum atomic E-state index is -4.83. The van der Waals surface area contributed by atoms with Gasteiger partial charge in [0, 0.05) is 55.3 Å². The van der Waals surface area contributed by atoms with E-state index in [1.807, 2.05) is 23.7 Å². The van der Waals surface area contributed by atoms with Gasteiger partial charge >= 0.3 is 6.18 Å². The molecule has 1 fully saturated rings. The van der Waals surface area contributed by atoms with E-state index in [2.05, 4.69) is 15.3 Å². The summed E-state index contributed by atoms with van der Waals surface area (Å²) >= 11 is 0. The van der Waals surface area contributed by atoms with Crippen LogP contribution in [0.2, 0.25) is 0 Å². The van der Waals surface area contributed by atoms with Gasteiger partial charge in [-0.25, -0.2) is 14.4 Å². The molecule has 1 aliphatic rings. The molecule has 0 spiro atoms. The van der Waals surface area contributed by atoms with Crippen LogP contribution in [-0.4, -0.2) is 37.0 Å². The van der Waals surface area contributed by atoms with Crippen LogP contribution in [0.1, 0.15) is 44.2 Å². The number of aromatic nitrogens is 5. The number of halogens is 4. The molecular weight excluding hydrogens is 504 g/mol. The van der Waals surface area contributed by atoms with Gasteiger partial charge in [-0.05, 0) is 44.7 Å². The maximum atomic E-state index is 14.4. The Bertz CT molecular complexity index is 1520. The van der Waals surface area contributed by atoms with Gasteiger partial charge in [-0.1, -0.05) is 0 Å². The Balaban J connectivity index is 1.41. The second kappa shape index (κ2) is 10.1. The number of hydrogen-bond donors (Lipinski definition) is 1. The first-order valence-electron chi connectivity index (χ1n) is 12.3. The lowest BCUT2D eigenvalue weighted by molar-refractivity contribution is -0.140. The molecule has 4 heterocycles. The van der Waals surface area contributed by atoms with Gasteiger partial charge < -0.3 is 14.6 Å². The highest BCUT2D eigenvalue weighted by molar-refractivity contribution is 5.93. The fourth-order valence-electron chi connectivity index (χ4n) is 4.79. The van der Waals surface area contributed by atoms with Gasteiger partial charge in [0.2, 0.25) is 0 Å². The number of nitrogens with zero attached hydrogens (tertiary/aromatic N) is 5. The van der Waals surface area contributed by atoms with Crippen molar-refractivity contribution in [1.82, 2.24) is 24.3 Å². The molecule has 0 bridgehead atoms. The highest BCUT2D eigenvalue weighted by Crippen LogP contribution is 2.38. The van der Waals surface area contributed by atoms with Crippen LogP contribution in [-0.2, 0) is 13.2 Å². The summed E-state index contributed by atoms with van der Waals surface area (Å²) in [7, 11) is 1.67. The summed E-state index contributed by atoms with van der Waals surface area (Å²) in [5, 5.41) is 8.88. The standard InChI is InChI=1S/C26H26F4N6O2/c1-3-31-21-13-20-18(14-33-21)24(15-9-11-35(2)22(37)12-15)34-36(20)16-4-6-17(7-5-16)38-25-23(27)19(8-10-32-25)26(28,29)30/h8-14,16-17H,3-7H2,1-2H3,(H,31,33). The molecule has 8 nitrogen and oxygen atoms in total. The number of nitrogens with one attached hydrogen (secondary N) is 1. The smallest absolute Gasteiger partial charge is 0.419 e. The fourth-order valence-corrected chi connectivity index (χ4v) is 4.79. The van der Waals surface area contributed by atoms with Crippen molar-refractivity contribution >= 4 is 16.7 Å². The van der Waals surface area contributed by atoms with Crippen LogP contribution < -0.4 is 15.6 Å². The molecule has 4 aromatic heterocycles.